The minimum Gasteiger partial charge on any atom is -0.496 e. The van der Waals surface area contributed by atoms with E-state index in [9.17, 15) is 0 Å². The first-order valence-corrected chi connectivity index (χ1v) is 7.85. The van der Waals surface area contributed by atoms with Crippen molar-refractivity contribution in [1.29, 1.82) is 0 Å². The average Bonchev–Trinajstić information content (AvgIpc) is 2.96. The molecule has 0 bridgehead atoms. The molecule has 0 aliphatic carbocycles. The van der Waals surface area contributed by atoms with Crippen molar-refractivity contribution >= 4 is 21.7 Å². The highest BCUT2D eigenvalue weighted by atomic mass is 16.5. The molecule has 0 aliphatic rings. The summed E-state index contributed by atoms with van der Waals surface area (Å²) in [7, 11) is 3.31. The first kappa shape index (κ1) is 14.6. The van der Waals surface area contributed by atoms with Crippen molar-refractivity contribution in [1.82, 2.24) is 0 Å². The van der Waals surface area contributed by atoms with Crippen molar-refractivity contribution in [3.63, 3.8) is 0 Å². The van der Waals surface area contributed by atoms with Gasteiger partial charge in [0, 0.05) is 17.7 Å². The van der Waals surface area contributed by atoms with Gasteiger partial charge in [0.05, 0.1) is 19.6 Å². The minimum atomic E-state index is 0.721. The molecule has 4 aromatic rings. The molecule has 3 heteroatoms. The maximum absolute atomic E-state index is 5.99. The molecule has 0 saturated carbocycles. The van der Waals surface area contributed by atoms with Gasteiger partial charge in [0.15, 0.2) is 0 Å². The third-order valence-electron chi connectivity index (χ3n) is 4.40. The molecule has 1 aromatic heterocycles. The smallest absolute Gasteiger partial charge is 0.142 e. The zero-order valence-electron chi connectivity index (χ0n) is 13.9. The lowest BCUT2D eigenvalue weighted by atomic mass is 9.98. The summed E-state index contributed by atoms with van der Waals surface area (Å²) >= 11 is 0. The van der Waals surface area contributed by atoms with Crippen molar-refractivity contribution in [2.45, 2.75) is 6.92 Å². The Bertz CT molecular complexity index is 1040. The summed E-state index contributed by atoms with van der Waals surface area (Å²) < 4.78 is 16.9. The number of rotatable bonds is 3. The second-order valence-corrected chi connectivity index (χ2v) is 5.80. The fraction of sp³-hybridized carbons (Fsp3) is 0.143. The normalized spacial score (nSPS) is 11.1. The molecule has 120 valence electrons. The molecule has 24 heavy (non-hydrogen) atoms. The number of benzene rings is 3. The van der Waals surface area contributed by atoms with E-state index in [0.29, 0.717) is 0 Å². The van der Waals surface area contributed by atoms with E-state index in [4.69, 9.17) is 13.9 Å². The standard InChI is InChI=1S/C21H18O3/c1-13-20(16-9-8-14-6-4-5-7-15(14)10-16)21-18(23-3)11-17(22-2)12-19(21)24-13/h4-12H,1-3H3. The van der Waals surface area contributed by atoms with Crippen molar-refractivity contribution in [2.24, 2.45) is 0 Å². The third-order valence-corrected chi connectivity index (χ3v) is 4.40. The van der Waals surface area contributed by atoms with Crippen LogP contribution in [-0.4, -0.2) is 14.2 Å². The minimum absolute atomic E-state index is 0.721. The van der Waals surface area contributed by atoms with Crippen LogP contribution in [-0.2, 0) is 0 Å². The lowest BCUT2D eigenvalue weighted by Crippen LogP contribution is -1.89. The zero-order valence-corrected chi connectivity index (χ0v) is 13.9. The van der Waals surface area contributed by atoms with Gasteiger partial charge in [-0.2, -0.15) is 0 Å². The second kappa shape index (κ2) is 5.60. The van der Waals surface area contributed by atoms with E-state index in [-0.39, 0.29) is 0 Å². The van der Waals surface area contributed by atoms with Crippen LogP contribution in [0.25, 0.3) is 32.9 Å². The van der Waals surface area contributed by atoms with Crippen LogP contribution >= 0.6 is 0 Å². The van der Waals surface area contributed by atoms with E-state index in [1.807, 2.05) is 19.1 Å². The number of aryl methyl sites for hydroxylation is 1. The van der Waals surface area contributed by atoms with Crippen molar-refractivity contribution < 1.29 is 13.9 Å². The van der Waals surface area contributed by atoms with Gasteiger partial charge in [0.1, 0.15) is 22.8 Å². The summed E-state index contributed by atoms with van der Waals surface area (Å²) in [5, 5.41) is 3.41. The number of hydrogen-bond acceptors (Lipinski definition) is 3. The summed E-state index contributed by atoms with van der Waals surface area (Å²) in [4.78, 5) is 0. The predicted octanol–water partition coefficient (Wildman–Crippen LogP) is 5.58. The Morgan fingerprint density at radius 3 is 2.38 bits per heavy atom. The number of methoxy groups -OCH3 is 2. The summed E-state index contributed by atoms with van der Waals surface area (Å²) in [6, 6.07) is 18.6. The van der Waals surface area contributed by atoms with Gasteiger partial charge >= 0.3 is 0 Å². The first-order chi connectivity index (χ1) is 11.7. The molecular formula is C21H18O3. The highest BCUT2D eigenvalue weighted by Gasteiger charge is 2.18. The van der Waals surface area contributed by atoms with Gasteiger partial charge in [-0.15, -0.1) is 0 Å². The van der Waals surface area contributed by atoms with Crippen LogP contribution in [0.2, 0.25) is 0 Å². The van der Waals surface area contributed by atoms with Crippen LogP contribution in [0.3, 0.4) is 0 Å². The number of furan rings is 1. The van der Waals surface area contributed by atoms with Crippen molar-refractivity contribution in [3.05, 3.63) is 60.4 Å². The van der Waals surface area contributed by atoms with Crippen LogP contribution in [0.4, 0.5) is 0 Å². The third kappa shape index (κ3) is 2.21. The Hall–Kier alpha value is -2.94. The molecule has 0 atom stereocenters. The van der Waals surface area contributed by atoms with Gasteiger partial charge in [0.25, 0.3) is 0 Å². The second-order valence-electron chi connectivity index (χ2n) is 5.80. The Labute approximate surface area is 140 Å². The van der Waals surface area contributed by atoms with Crippen molar-refractivity contribution in [3.8, 4) is 22.6 Å². The summed E-state index contributed by atoms with van der Waals surface area (Å²) in [6.45, 7) is 1.98. The van der Waals surface area contributed by atoms with Crippen LogP contribution in [0.15, 0.2) is 59.0 Å². The number of fused-ring (bicyclic) bond motifs is 2. The fourth-order valence-corrected chi connectivity index (χ4v) is 3.26. The highest BCUT2D eigenvalue weighted by Crippen LogP contribution is 2.42. The first-order valence-electron chi connectivity index (χ1n) is 7.85. The summed E-state index contributed by atoms with van der Waals surface area (Å²) in [6.07, 6.45) is 0. The summed E-state index contributed by atoms with van der Waals surface area (Å²) in [5.74, 6) is 2.34. The Kier molecular flexibility index (Phi) is 3.42. The Morgan fingerprint density at radius 2 is 1.62 bits per heavy atom. The van der Waals surface area contributed by atoms with Crippen LogP contribution in [0.5, 0.6) is 11.5 Å². The highest BCUT2D eigenvalue weighted by molar-refractivity contribution is 6.02. The van der Waals surface area contributed by atoms with Gasteiger partial charge < -0.3 is 13.9 Å². The van der Waals surface area contributed by atoms with E-state index in [2.05, 4.69) is 42.5 Å². The maximum atomic E-state index is 5.99. The topological polar surface area (TPSA) is 31.6 Å². The molecule has 0 aliphatic heterocycles. The largest absolute Gasteiger partial charge is 0.496 e. The van der Waals surface area contributed by atoms with Crippen LogP contribution in [0.1, 0.15) is 5.76 Å². The van der Waals surface area contributed by atoms with E-state index in [1.54, 1.807) is 14.2 Å². The summed E-state index contributed by atoms with van der Waals surface area (Å²) in [5.41, 5.74) is 2.95. The SMILES string of the molecule is COc1cc(OC)c2c(-c3ccc4ccccc4c3)c(C)oc2c1. The fourth-order valence-electron chi connectivity index (χ4n) is 3.26. The number of hydrogen-bond donors (Lipinski definition) is 0. The molecule has 0 saturated heterocycles. The molecule has 4 rings (SSSR count). The van der Waals surface area contributed by atoms with Gasteiger partial charge in [-0.25, -0.2) is 0 Å². The van der Waals surface area contributed by atoms with Gasteiger partial charge in [-0.05, 0) is 29.3 Å². The number of ether oxygens (including phenoxy) is 2. The van der Waals surface area contributed by atoms with Gasteiger partial charge in [0.2, 0.25) is 0 Å². The molecule has 1 heterocycles. The predicted molar refractivity (Wildman–Crippen MR) is 97.0 cm³/mol. The van der Waals surface area contributed by atoms with E-state index in [0.717, 1.165) is 39.4 Å². The lowest BCUT2D eigenvalue weighted by Gasteiger charge is -2.08. The molecule has 3 nitrogen and oxygen atoms in total. The quantitative estimate of drug-likeness (QED) is 0.494. The maximum Gasteiger partial charge on any atom is 0.142 e. The van der Waals surface area contributed by atoms with Crippen molar-refractivity contribution in [2.75, 3.05) is 14.2 Å². The lowest BCUT2D eigenvalue weighted by molar-refractivity contribution is 0.397. The molecule has 0 spiro atoms. The van der Waals surface area contributed by atoms with Crippen LogP contribution in [0, 0.1) is 6.92 Å². The molecule has 0 unspecified atom stereocenters. The molecule has 0 amide bonds. The molecule has 0 fully saturated rings. The Balaban J connectivity index is 2.02. The van der Waals surface area contributed by atoms with Gasteiger partial charge in [-0.3, -0.25) is 0 Å². The molecule has 0 N–H and O–H groups in total. The molecular weight excluding hydrogens is 300 g/mol. The molecule has 0 radical (unpaired) electrons. The molecule has 3 aromatic carbocycles. The van der Waals surface area contributed by atoms with E-state index < -0.39 is 0 Å². The average molecular weight is 318 g/mol. The zero-order chi connectivity index (χ0) is 16.7. The van der Waals surface area contributed by atoms with E-state index in [1.165, 1.54) is 10.8 Å². The van der Waals surface area contributed by atoms with Crippen LogP contribution < -0.4 is 9.47 Å². The monoisotopic (exact) mass is 318 g/mol. The van der Waals surface area contributed by atoms with Gasteiger partial charge in [-0.1, -0.05) is 36.4 Å². The Morgan fingerprint density at radius 1 is 0.833 bits per heavy atom. The van der Waals surface area contributed by atoms with E-state index >= 15 is 0 Å².